The number of amides is 1. The molecule has 0 radical (unpaired) electrons. The number of hydrogen-bond acceptors (Lipinski definition) is 5. The minimum absolute atomic E-state index is 0.0751. The Hall–Kier alpha value is -3.66. The van der Waals surface area contributed by atoms with Crippen LogP contribution < -0.4 is 15.6 Å². The first-order valence-corrected chi connectivity index (χ1v) is 9.69. The molecule has 0 bridgehead atoms. The lowest BCUT2D eigenvalue weighted by molar-refractivity contribution is -0.0498. The second kappa shape index (κ2) is 10.1. The Labute approximate surface area is 181 Å². The molecule has 0 aliphatic heterocycles. The molecular formula is C22H20F3N3O4. The Morgan fingerprint density at radius 2 is 1.91 bits per heavy atom. The molecule has 1 unspecified atom stereocenters. The first-order valence-electron chi connectivity index (χ1n) is 9.69. The van der Waals surface area contributed by atoms with Gasteiger partial charge in [0.25, 0.3) is 11.5 Å². The van der Waals surface area contributed by atoms with Gasteiger partial charge in [-0.15, -0.1) is 0 Å². The second-order valence-electron chi connectivity index (χ2n) is 6.80. The fraction of sp³-hybridized carbons (Fsp3) is 0.227. The molecule has 3 aromatic rings. The van der Waals surface area contributed by atoms with Crippen LogP contribution in [0.5, 0.6) is 5.75 Å². The van der Waals surface area contributed by atoms with E-state index in [1.807, 2.05) is 0 Å². The molecule has 7 nitrogen and oxygen atoms in total. The van der Waals surface area contributed by atoms with Crippen molar-refractivity contribution in [3.05, 3.63) is 76.3 Å². The molecule has 0 aliphatic rings. The van der Waals surface area contributed by atoms with Crippen molar-refractivity contribution >= 4 is 5.91 Å². The molecule has 1 atom stereocenters. The van der Waals surface area contributed by atoms with Crippen molar-refractivity contribution in [3.8, 4) is 22.7 Å². The fourth-order valence-corrected chi connectivity index (χ4v) is 2.93. The number of halogens is 3. The van der Waals surface area contributed by atoms with E-state index in [9.17, 15) is 27.9 Å². The molecular weight excluding hydrogens is 427 g/mol. The van der Waals surface area contributed by atoms with Crippen molar-refractivity contribution in [2.24, 2.45) is 0 Å². The van der Waals surface area contributed by atoms with Crippen LogP contribution in [0.3, 0.4) is 0 Å². The predicted octanol–water partition coefficient (Wildman–Crippen LogP) is 3.14. The topological polar surface area (TPSA) is 93.4 Å². The third-order valence-corrected chi connectivity index (χ3v) is 4.63. The molecule has 10 heteroatoms. The van der Waals surface area contributed by atoms with Crippen LogP contribution in [0, 0.1) is 5.82 Å². The minimum atomic E-state index is -2.98. The van der Waals surface area contributed by atoms with Crippen LogP contribution in [-0.2, 0) is 0 Å². The quantitative estimate of drug-likeness (QED) is 0.554. The molecule has 2 aromatic carbocycles. The van der Waals surface area contributed by atoms with Crippen molar-refractivity contribution in [1.82, 2.24) is 15.1 Å². The van der Waals surface area contributed by atoms with Gasteiger partial charge < -0.3 is 15.2 Å². The molecule has 0 spiro atoms. The van der Waals surface area contributed by atoms with Gasteiger partial charge in [-0.3, -0.25) is 9.59 Å². The van der Waals surface area contributed by atoms with Crippen LogP contribution in [0.1, 0.15) is 23.7 Å². The van der Waals surface area contributed by atoms with Gasteiger partial charge in [0.2, 0.25) is 0 Å². The number of aromatic nitrogens is 2. The third-order valence-electron chi connectivity index (χ3n) is 4.63. The van der Waals surface area contributed by atoms with Gasteiger partial charge in [-0.05, 0) is 55.0 Å². The maximum atomic E-state index is 13.8. The van der Waals surface area contributed by atoms with Gasteiger partial charge >= 0.3 is 6.61 Å². The highest BCUT2D eigenvalue weighted by molar-refractivity contribution is 5.95. The van der Waals surface area contributed by atoms with Gasteiger partial charge in [-0.2, -0.15) is 18.6 Å². The number of nitrogens with zero attached hydrogens (tertiary/aromatic N) is 2. The van der Waals surface area contributed by atoms with Gasteiger partial charge in [0, 0.05) is 5.56 Å². The van der Waals surface area contributed by atoms with Crippen molar-refractivity contribution in [2.75, 3.05) is 6.61 Å². The summed E-state index contributed by atoms with van der Waals surface area (Å²) in [5.74, 6) is -1.41. The van der Waals surface area contributed by atoms with Crippen LogP contribution >= 0.6 is 0 Å². The minimum Gasteiger partial charge on any atom is -0.435 e. The SMILES string of the molecule is CCC(CO)NC(=O)c1cc(-c2ccc(OC(F)F)cc2)nn(-c2cccc(F)c2)c1=O. The van der Waals surface area contributed by atoms with Crippen molar-refractivity contribution in [3.63, 3.8) is 0 Å². The number of nitrogens with one attached hydrogen (secondary N) is 1. The third kappa shape index (κ3) is 5.33. The Balaban J connectivity index is 2.12. The van der Waals surface area contributed by atoms with E-state index in [0.29, 0.717) is 12.0 Å². The zero-order chi connectivity index (χ0) is 23.3. The van der Waals surface area contributed by atoms with E-state index in [1.165, 1.54) is 48.5 Å². The summed E-state index contributed by atoms with van der Waals surface area (Å²) in [7, 11) is 0. The van der Waals surface area contributed by atoms with Gasteiger partial charge in [0.15, 0.2) is 0 Å². The zero-order valence-corrected chi connectivity index (χ0v) is 17.0. The van der Waals surface area contributed by atoms with E-state index in [1.54, 1.807) is 6.92 Å². The van der Waals surface area contributed by atoms with Crippen LogP contribution in [0.15, 0.2) is 59.4 Å². The number of aliphatic hydroxyl groups is 1. The standard InChI is InChI=1S/C22H20F3N3O4/c1-2-15(12-29)26-20(30)18-11-19(13-6-8-17(9-7-13)32-22(24)25)27-28(21(18)31)16-5-3-4-14(23)10-16/h3-11,15,22,29H,2,12H2,1H3,(H,26,30). The average Bonchev–Trinajstić information content (AvgIpc) is 2.77. The molecule has 2 N–H and O–H groups in total. The summed E-state index contributed by atoms with van der Waals surface area (Å²) in [5, 5.41) is 16.1. The predicted molar refractivity (Wildman–Crippen MR) is 110 cm³/mol. The maximum absolute atomic E-state index is 13.8. The largest absolute Gasteiger partial charge is 0.435 e. The number of alkyl halides is 2. The fourth-order valence-electron chi connectivity index (χ4n) is 2.93. The lowest BCUT2D eigenvalue weighted by Gasteiger charge is -2.15. The first kappa shape index (κ1) is 23.0. The Bertz CT molecular complexity index is 1150. The summed E-state index contributed by atoms with van der Waals surface area (Å²) >= 11 is 0. The summed E-state index contributed by atoms with van der Waals surface area (Å²) in [6.07, 6.45) is 0.434. The Kier molecular flexibility index (Phi) is 7.26. The van der Waals surface area contributed by atoms with E-state index < -0.39 is 29.9 Å². The molecule has 3 rings (SSSR count). The van der Waals surface area contributed by atoms with Crippen LogP contribution in [0.2, 0.25) is 0 Å². The van der Waals surface area contributed by atoms with Gasteiger partial charge in [0.1, 0.15) is 17.1 Å². The maximum Gasteiger partial charge on any atom is 0.387 e. The number of aliphatic hydroxyl groups excluding tert-OH is 1. The van der Waals surface area contributed by atoms with Crippen LogP contribution in [0.25, 0.3) is 16.9 Å². The van der Waals surface area contributed by atoms with Gasteiger partial charge in [-0.1, -0.05) is 13.0 Å². The molecule has 168 valence electrons. The van der Waals surface area contributed by atoms with E-state index in [-0.39, 0.29) is 29.3 Å². The Morgan fingerprint density at radius 3 is 2.50 bits per heavy atom. The highest BCUT2D eigenvalue weighted by Crippen LogP contribution is 2.22. The molecule has 0 saturated heterocycles. The monoisotopic (exact) mass is 447 g/mol. The first-order chi connectivity index (χ1) is 15.3. The average molecular weight is 447 g/mol. The number of ether oxygens (including phenoxy) is 1. The van der Waals surface area contributed by atoms with Crippen LogP contribution in [0.4, 0.5) is 13.2 Å². The van der Waals surface area contributed by atoms with Crippen molar-refractivity contribution < 1.29 is 27.8 Å². The summed E-state index contributed by atoms with van der Waals surface area (Å²) in [4.78, 5) is 25.8. The molecule has 1 amide bonds. The summed E-state index contributed by atoms with van der Waals surface area (Å²) in [5.41, 5.74) is -0.404. The lowest BCUT2D eigenvalue weighted by atomic mass is 10.1. The van der Waals surface area contributed by atoms with E-state index >= 15 is 0 Å². The highest BCUT2D eigenvalue weighted by Gasteiger charge is 2.20. The number of carbonyl (C=O) groups excluding carboxylic acids is 1. The molecule has 32 heavy (non-hydrogen) atoms. The molecule has 0 saturated carbocycles. The summed E-state index contributed by atoms with van der Waals surface area (Å²) < 4.78 is 43.8. The zero-order valence-electron chi connectivity index (χ0n) is 17.0. The van der Waals surface area contributed by atoms with E-state index in [2.05, 4.69) is 15.2 Å². The van der Waals surface area contributed by atoms with Gasteiger partial charge in [0.05, 0.1) is 24.0 Å². The molecule has 0 fully saturated rings. The summed E-state index contributed by atoms with van der Waals surface area (Å²) in [6, 6.07) is 11.3. The van der Waals surface area contributed by atoms with Crippen molar-refractivity contribution in [2.45, 2.75) is 26.0 Å². The number of carbonyl (C=O) groups is 1. The smallest absolute Gasteiger partial charge is 0.387 e. The number of hydrogen-bond donors (Lipinski definition) is 2. The second-order valence-corrected chi connectivity index (χ2v) is 6.80. The molecule has 1 heterocycles. The summed E-state index contributed by atoms with van der Waals surface area (Å²) in [6.45, 7) is -1.54. The Morgan fingerprint density at radius 1 is 1.19 bits per heavy atom. The van der Waals surface area contributed by atoms with E-state index in [0.717, 1.165) is 10.7 Å². The lowest BCUT2D eigenvalue weighted by Crippen LogP contribution is -2.40. The number of benzene rings is 2. The highest BCUT2D eigenvalue weighted by atomic mass is 19.3. The van der Waals surface area contributed by atoms with Gasteiger partial charge in [-0.25, -0.2) is 4.39 Å². The number of rotatable bonds is 8. The molecule has 1 aromatic heterocycles. The van der Waals surface area contributed by atoms with E-state index in [4.69, 9.17) is 0 Å². The van der Waals surface area contributed by atoms with Crippen LogP contribution in [-0.4, -0.2) is 40.1 Å². The normalized spacial score (nSPS) is 11.9. The molecule has 0 aliphatic carbocycles. The van der Waals surface area contributed by atoms with Crippen molar-refractivity contribution in [1.29, 1.82) is 0 Å².